The van der Waals surface area contributed by atoms with Gasteiger partial charge in [-0.15, -0.1) is 0 Å². The number of carbonyl (C=O) groups excluding carboxylic acids is 2. The molecule has 188 valence electrons. The Morgan fingerprint density at radius 3 is 2.19 bits per heavy atom. The lowest BCUT2D eigenvalue weighted by molar-refractivity contribution is 0.0514. The maximum absolute atomic E-state index is 13.8. The minimum absolute atomic E-state index is 0.101. The molecule has 1 amide bonds. The summed E-state index contributed by atoms with van der Waals surface area (Å²) in [6.45, 7) is 8.19. The van der Waals surface area contributed by atoms with E-state index in [-0.39, 0.29) is 29.7 Å². The fourth-order valence-electron chi connectivity index (χ4n) is 4.28. The molecule has 8 heteroatoms. The quantitative estimate of drug-likeness (QED) is 0.455. The zero-order valence-electron chi connectivity index (χ0n) is 21.2. The molecule has 0 saturated carbocycles. The third kappa shape index (κ3) is 5.32. The number of carbonyl (C=O) groups is 2. The molecule has 1 saturated heterocycles. The van der Waals surface area contributed by atoms with Gasteiger partial charge in [0.1, 0.15) is 17.0 Å². The molecule has 3 aromatic rings. The average Bonchev–Trinajstić information content (AvgIpc) is 2.92. The van der Waals surface area contributed by atoms with Gasteiger partial charge in [-0.2, -0.15) is 0 Å². The maximum atomic E-state index is 13.8. The van der Waals surface area contributed by atoms with Crippen LogP contribution in [0.5, 0.6) is 5.75 Å². The first-order valence-corrected chi connectivity index (χ1v) is 12.3. The summed E-state index contributed by atoms with van der Waals surface area (Å²) in [5.41, 5.74) is 2.64. The SMILES string of the molecule is CCOC(=O)c1c(C(=O)N2CCN(c3ccc(OC)cc3)CC2)nc(-c2ccccc2)nc1C(C)C. The largest absolute Gasteiger partial charge is 0.497 e. The van der Waals surface area contributed by atoms with Crippen LogP contribution >= 0.6 is 0 Å². The van der Waals surface area contributed by atoms with Crippen molar-refractivity contribution in [3.63, 3.8) is 0 Å². The minimum Gasteiger partial charge on any atom is -0.497 e. The lowest BCUT2D eigenvalue weighted by atomic mass is 10.0. The first-order valence-electron chi connectivity index (χ1n) is 12.3. The number of benzene rings is 2. The summed E-state index contributed by atoms with van der Waals surface area (Å²) in [5, 5.41) is 0. The van der Waals surface area contributed by atoms with Crippen LogP contribution in [0.2, 0.25) is 0 Å². The molecule has 0 spiro atoms. The Morgan fingerprint density at radius 1 is 0.944 bits per heavy atom. The van der Waals surface area contributed by atoms with Crippen LogP contribution in [0, 0.1) is 0 Å². The van der Waals surface area contributed by atoms with Crippen LogP contribution in [0.4, 0.5) is 5.69 Å². The van der Waals surface area contributed by atoms with E-state index in [0.717, 1.165) is 17.0 Å². The lowest BCUT2D eigenvalue weighted by Gasteiger charge is -2.36. The predicted molar refractivity (Wildman–Crippen MR) is 139 cm³/mol. The zero-order chi connectivity index (χ0) is 25.7. The van der Waals surface area contributed by atoms with Crippen LogP contribution in [0.3, 0.4) is 0 Å². The molecule has 1 aromatic heterocycles. The van der Waals surface area contributed by atoms with E-state index in [1.807, 2.05) is 68.4 Å². The highest BCUT2D eigenvalue weighted by Gasteiger charge is 2.32. The van der Waals surface area contributed by atoms with Crippen molar-refractivity contribution in [2.75, 3.05) is 44.8 Å². The Kier molecular flexibility index (Phi) is 7.83. The topological polar surface area (TPSA) is 84.9 Å². The molecule has 0 unspecified atom stereocenters. The molecule has 2 heterocycles. The molecule has 8 nitrogen and oxygen atoms in total. The smallest absolute Gasteiger partial charge is 0.342 e. The van der Waals surface area contributed by atoms with E-state index >= 15 is 0 Å². The Balaban J connectivity index is 1.66. The van der Waals surface area contributed by atoms with Gasteiger partial charge < -0.3 is 19.3 Å². The first kappa shape index (κ1) is 25.2. The van der Waals surface area contributed by atoms with E-state index in [1.54, 1.807) is 18.9 Å². The highest BCUT2D eigenvalue weighted by atomic mass is 16.5. The predicted octanol–water partition coefficient (Wildman–Crippen LogP) is 4.41. The second-order valence-corrected chi connectivity index (χ2v) is 8.87. The summed E-state index contributed by atoms with van der Waals surface area (Å²) in [7, 11) is 1.64. The summed E-state index contributed by atoms with van der Waals surface area (Å²) in [6, 6.07) is 17.4. The number of anilines is 1. The van der Waals surface area contributed by atoms with Gasteiger partial charge in [-0.05, 0) is 37.1 Å². The molecular formula is C28H32N4O4. The summed E-state index contributed by atoms with van der Waals surface area (Å²) in [5.74, 6) is 0.272. The van der Waals surface area contributed by atoms with E-state index in [9.17, 15) is 9.59 Å². The normalized spacial score (nSPS) is 13.6. The van der Waals surface area contributed by atoms with Crippen LogP contribution in [0.25, 0.3) is 11.4 Å². The molecule has 0 bridgehead atoms. The minimum atomic E-state index is -0.568. The van der Waals surface area contributed by atoms with Gasteiger partial charge in [0, 0.05) is 37.4 Å². The highest BCUT2D eigenvalue weighted by molar-refractivity contribution is 6.05. The summed E-state index contributed by atoms with van der Waals surface area (Å²) < 4.78 is 10.6. The molecule has 1 fully saturated rings. The molecule has 1 aliphatic rings. The number of aromatic nitrogens is 2. The van der Waals surface area contributed by atoms with Crippen LogP contribution < -0.4 is 9.64 Å². The van der Waals surface area contributed by atoms with Crippen molar-refractivity contribution in [3.05, 3.63) is 71.5 Å². The van der Waals surface area contributed by atoms with Crippen LogP contribution in [0.15, 0.2) is 54.6 Å². The molecule has 4 rings (SSSR count). The molecular weight excluding hydrogens is 456 g/mol. The van der Waals surface area contributed by atoms with Gasteiger partial charge >= 0.3 is 5.97 Å². The van der Waals surface area contributed by atoms with Crippen molar-refractivity contribution in [1.82, 2.24) is 14.9 Å². The second kappa shape index (κ2) is 11.2. The van der Waals surface area contributed by atoms with Crippen LogP contribution in [-0.4, -0.2) is 66.6 Å². The van der Waals surface area contributed by atoms with Gasteiger partial charge in [0.2, 0.25) is 0 Å². The standard InChI is InChI=1S/C28H32N4O4/c1-5-36-28(34)23-24(19(2)3)29-26(20-9-7-6-8-10-20)30-25(23)27(33)32-17-15-31(16-18-32)21-11-13-22(35-4)14-12-21/h6-14,19H,5,15-18H2,1-4H3. The molecule has 0 atom stereocenters. The Hall–Kier alpha value is -3.94. The van der Waals surface area contributed by atoms with Crippen molar-refractivity contribution in [1.29, 1.82) is 0 Å². The number of rotatable bonds is 7. The van der Waals surface area contributed by atoms with Gasteiger partial charge in [-0.1, -0.05) is 44.2 Å². The van der Waals surface area contributed by atoms with Crippen LogP contribution in [-0.2, 0) is 4.74 Å². The molecule has 0 aliphatic carbocycles. The summed E-state index contributed by atoms with van der Waals surface area (Å²) in [4.78, 5) is 40.1. The number of esters is 1. The van der Waals surface area contributed by atoms with Crippen molar-refractivity contribution < 1.29 is 19.1 Å². The summed E-state index contributed by atoms with van der Waals surface area (Å²) in [6.07, 6.45) is 0. The zero-order valence-corrected chi connectivity index (χ0v) is 21.2. The number of hydrogen-bond acceptors (Lipinski definition) is 7. The molecule has 0 N–H and O–H groups in total. The van der Waals surface area contributed by atoms with Gasteiger partial charge in [-0.3, -0.25) is 4.79 Å². The molecule has 1 aliphatic heterocycles. The maximum Gasteiger partial charge on any atom is 0.342 e. The van der Waals surface area contributed by atoms with Gasteiger partial charge in [0.05, 0.1) is 19.4 Å². The van der Waals surface area contributed by atoms with Crippen molar-refractivity contribution in [3.8, 4) is 17.1 Å². The molecule has 36 heavy (non-hydrogen) atoms. The van der Waals surface area contributed by atoms with Gasteiger partial charge in [-0.25, -0.2) is 14.8 Å². The molecule has 2 aromatic carbocycles. The number of nitrogens with zero attached hydrogens (tertiary/aromatic N) is 4. The Labute approximate surface area is 211 Å². The third-order valence-corrected chi connectivity index (χ3v) is 6.20. The number of hydrogen-bond donors (Lipinski definition) is 0. The lowest BCUT2D eigenvalue weighted by Crippen LogP contribution is -2.49. The van der Waals surface area contributed by atoms with Crippen molar-refractivity contribution in [2.45, 2.75) is 26.7 Å². The first-order chi connectivity index (χ1) is 17.4. The van der Waals surface area contributed by atoms with E-state index in [1.165, 1.54) is 0 Å². The van der Waals surface area contributed by atoms with E-state index in [0.29, 0.717) is 37.7 Å². The highest BCUT2D eigenvalue weighted by Crippen LogP contribution is 2.27. The van der Waals surface area contributed by atoms with Crippen molar-refractivity contribution in [2.24, 2.45) is 0 Å². The number of methoxy groups -OCH3 is 1. The third-order valence-electron chi connectivity index (χ3n) is 6.20. The van der Waals surface area contributed by atoms with Gasteiger partial charge in [0.25, 0.3) is 5.91 Å². The van der Waals surface area contributed by atoms with Crippen molar-refractivity contribution >= 4 is 17.6 Å². The fraction of sp³-hybridized carbons (Fsp3) is 0.357. The van der Waals surface area contributed by atoms with Gasteiger partial charge in [0.15, 0.2) is 5.82 Å². The fourth-order valence-corrected chi connectivity index (χ4v) is 4.28. The number of piperazine rings is 1. The van der Waals surface area contributed by atoms with E-state index in [4.69, 9.17) is 14.5 Å². The second-order valence-electron chi connectivity index (χ2n) is 8.87. The number of amides is 1. The Bertz CT molecular complexity index is 1200. The average molecular weight is 489 g/mol. The molecule has 0 radical (unpaired) electrons. The summed E-state index contributed by atoms with van der Waals surface area (Å²) >= 11 is 0. The Morgan fingerprint density at radius 2 is 1.61 bits per heavy atom. The number of ether oxygens (including phenoxy) is 2. The monoisotopic (exact) mass is 488 g/mol. The van der Waals surface area contributed by atoms with E-state index in [2.05, 4.69) is 9.88 Å². The van der Waals surface area contributed by atoms with Crippen LogP contribution in [0.1, 0.15) is 53.2 Å². The van der Waals surface area contributed by atoms with E-state index < -0.39 is 5.97 Å².